The van der Waals surface area contributed by atoms with E-state index in [1.165, 1.54) is 0 Å². The number of amides is 1. The summed E-state index contributed by atoms with van der Waals surface area (Å²) in [6.45, 7) is 3.95. The predicted octanol–water partition coefficient (Wildman–Crippen LogP) is 6.40. The summed E-state index contributed by atoms with van der Waals surface area (Å²) >= 11 is 7.01. The van der Waals surface area contributed by atoms with Crippen LogP contribution in [0.3, 0.4) is 0 Å². The number of carbonyl (C=O) groups excluding carboxylic acids is 1. The summed E-state index contributed by atoms with van der Waals surface area (Å²) in [5, 5.41) is 20.9. The summed E-state index contributed by atoms with van der Waals surface area (Å²) < 4.78 is 25.0. The average Bonchev–Trinajstić information content (AvgIpc) is 2.92. The lowest BCUT2D eigenvalue weighted by molar-refractivity contribution is 0.0830. The van der Waals surface area contributed by atoms with Gasteiger partial charge in [0.05, 0.1) is 23.6 Å². The highest BCUT2D eigenvalue weighted by molar-refractivity contribution is 9.11. The van der Waals surface area contributed by atoms with E-state index in [1.54, 1.807) is 16.4 Å². The van der Waals surface area contributed by atoms with Crippen molar-refractivity contribution in [3.8, 4) is 0 Å². The van der Waals surface area contributed by atoms with Gasteiger partial charge in [0.25, 0.3) is 5.91 Å². The van der Waals surface area contributed by atoms with Crippen molar-refractivity contribution >= 4 is 59.9 Å². The molecule has 1 heterocycles. The topological polar surface area (TPSA) is 117 Å². The second-order valence-electron chi connectivity index (χ2n) is 10.2. The molecule has 1 aliphatic heterocycles. The van der Waals surface area contributed by atoms with E-state index >= 15 is 0 Å². The first-order chi connectivity index (χ1) is 19.6. The van der Waals surface area contributed by atoms with Crippen molar-refractivity contribution in [3.05, 3.63) is 92.4 Å². The molecule has 0 spiro atoms. The molecular formula is C30H38Br2N4O4S. The zero-order valence-corrected chi connectivity index (χ0v) is 27.0. The van der Waals surface area contributed by atoms with E-state index in [4.69, 9.17) is 0 Å². The zero-order chi connectivity index (χ0) is 29.4. The van der Waals surface area contributed by atoms with E-state index in [0.29, 0.717) is 43.1 Å². The molecule has 11 heteroatoms. The van der Waals surface area contributed by atoms with Crippen molar-refractivity contribution in [2.24, 2.45) is 0 Å². The Bertz CT molecular complexity index is 1290. The predicted molar refractivity (Wildman–Crippen MR) is 176 cm³/mol. The van der Waals surface area contributed by atoms with E-state index < -0.39 is 22.9 Å². The highest BCUT2D eigenvalue weighted by Crippen LogP contribution is 2.50. The number of hydrogen-bond acceptors (Lipinski definition) is 7. The molecule has 41 heavy (non-hydrogen) atoms. The number of nitrogens with one attached hydrogen (secondary N) is 3. The minimum absolute atomic E-state index is 0.277. The number of halogens is 2. The lowest BCUT2D eigenvalue weighted by atomic mass is 10.00. The molecule has 0 saturated carbocycles. The van der Waals surface area contributed by atoms with E-state index in [9.17, 15) is 19.0 Å². The van der Waals surface area contributed by atoms with Gasteiger partial charge in [0, 0.05) is 46.4 Å². The molecule has 1 saturated heterocycles. The van der Waals surface area contributed by atoms with Crippen molar-refractivity contribution in [2.75, 3.05) is 35.0 Å². The monoisotopic (exact) mass is 708 g/mol. The first-order valence-corrected chi connectivity index (χ1v) is 17.0. The van der Waals surface area contributed by atoms with Gasteiger partial charge in [-0.3, -0.25) is 18.2 Å². The maximum atomic E-state index is 13.7. The van der Waals surface area contributed by atoms with Gasteiger partial charge in [-0.2, -0.15) is 0 Å². The Morgan fingerprint density at radius 2 is 1.73 bits per heavy atom. The number of hydrogen-bond donors (Lipinski definition) is 6. The third-order valence-electron chi connectivity index (χ3n) is 6.92. The van der Waals surface area contributed by atoms with Crippen LogP contribution in [-0.2, 0) is 13.0 Å². The summed E-state index contributed by atoms with van der Waals surface area (Å²) in [5.41, 5.74) is 3.75. The summed E-state index contributed by atoms with van der Waals surface area (Å²) in [5.74, 6) is -0.0229. The molecule has 6 N–H and O–H groups in total. The summed E-state index contributed by atoms with van der Waals surface area (Å²) in [6, 6.07) is 20.5. The van der Waals surface area contributed by atoms with Crippen molar-refractivity contribution < 1.29 is 19.0 Å². The Morgan fingerprint density at radius 3 is 2.41 bits per heavy atom. The fraction of sp³-hybridized carbons (Fsp3) is 0.367. The van der Waals surface area contributed by atoms with Crippen LogP contribution in [0.4, 0.5) is 11.4 Å². The number of rotatable bonds is 12. The third kappa shape index (κ3) is 9.18. The van der Waals surface area contributed by atoms with E-state index in [0.717, 1.165) is 38.6 Å². The molecule has 8 nitrogen and oxygen atoms in total. The summed E-state index contributed by atoms with van der Waals surface area (Å²) in [4.78, 5) is 13.7. The molecular weight excluding hydrogens is 672 g/mol. The number of benzene rings is 3. The molecule has 0 aliphatic carbocycles. The normalized spacial score (nSPS) is 17.0. The summed E-state index contributed by atoms with van der Waals surface area (Å²) in [6.07, 6.45) is 1.19. The van der Waals surface area contributed by atoms with Crippen LogP contribution < -0.4 is 20.3 Å². The Balaban J connectivity index is 1.53. The largest absolute Gasteiger partial charge is 0.390 e. The van der Waals surface area contributed by atoms with Gasteiger partial charge in [0.1, 0.15) is 0 Å². The molecule has 1 aliphatic rings. The molecule has 1 amide bonds. The van der Waals surface area contributed by atoms with E-state index in [2.05, 4.69) is 47.8 Å². The van der Waals surface area contributed by atoms with E-state index in [1.807, 2.05) is 61.5 Å². The van der Waals surface area contributed by atoms with Crippen LogP contribution in [0.25, 0.3) is 0 Å². The molecule has 3 aromatic rings. The van der Waals surface area contributed by atoms with Gasteiger partial charge >= 0.3 is 0 Å². The Morgan fingerprint density at radius 1 is 1.00 bits per heavy atom. The van der Waals surface area contributed by atoms with Gasteiger partial charge in [0.15, 0.2) is 0 Å². The fourth-order valence-electron chi connectivity index (χ4n) is 4.92. The molecule has 3 aromatic carbocycles. The van der Waals surface area contributed by atoms with Crippen molar-refractivity contribution in [3.63, 3.8) is 0 Å². The minimum Gasteiger partial charge on any atom is -0.390 e. The Kier molecular flexibility index (Phi) is 11.5. The molecule has 0 bridgehead atoms. The Hall–Kier alpha value is -2.12. The first kappa shape index (κ1) is 31.8. The molecule has 0 aromatic heterocycles. The zero-order valence-electron chi connectivity index (χ0n) is 23.0. The van der Waals surface area contributed by atoms with Gasteiger partial charge < -0.3 is 21.1 Å². The molecule has 222 valence electrons. The maximum absolute atomic E-state index is 13.7. The quantitative estimate of drug-likeness (QED) is 0.129. The van der Waals surface area contributed by atoms with Crippen molar-refractivity contribution in [1.82, 2.24) is 10.6 Å². The molecule has 0 radical (unpaired) electrons. The second-order valence-corrected chi connectivity index (χ2v) is 14.1. The number of aliphatic hydroxyl groups is 1. The maximum Gasteiger partial charge on any atom is 0.251 e. The van der Waals surface area contributed by atoms with Crippen molar-refractivity contribution in [2.45, 2.75) is 44.9 Å². The first-order valence-electron chi connectivity index (χ1n) is 13.8. The van der Waals surface area contributed by atoms with Crippen LogP contribution in [0.2, 0.25) is 0 Å². The minimum atomic E-state index is -2.95. The lowest BCUT2D eigenvalue weighted by Crippen LogP contribution is -2.48. The number of nitrogens with zero attached hydrogens (tertiary/aromatic N) is 1. The van der Waals surface area contributed by atoms with Crippen LogP contribution in [0, 0.1) is 0 Å². The van der Waals surface area contributed by atoms with Gasteiger partial charge in [-0.1, -0.05) is 62.2 Å². The van der Waals surface area contributed by atoms with Crippen LogP contribution in [0.1, 0.15) is 41.3 Å². The molecule has 4 rings (SSSR count). The van der Waals surface area contributed by atoms with E-state index in [-0.39, 0.29) is 12.5 Å². The molecule has 2 atom stereocenters. The smallest absolute Gasteiger partial charge is 0.251 e. The highest BCUT2D eigenvalue weighted by atomic mass is 79.9. The van der Waals surface area contributed by atoms with Crippen LogP contribution in [0.15, 0.2) is 75.7 Å². The number of aliphatic hydroxyl groups excluding tert-OH is 1. The standard InChI is InChI=1S/C30H38Br2N4O4S/c1-2-34-26-15-23(16-27(18-26)36-10-6-7-11-41(36,39)40)30(38)35-28(14-21-8-4-3-5-9-21)29(37)20-33-19-22-12-24(31)17-25(32)13-22/h3-5,8-9,12-13,15-18,28-29,33-34,37,39-40H,2,6-7,10-11,14,19-20H2,1H3,(H,35,38)/t28-,29-/m0/s1. The van der Waals surface area contributed by atoms with Crippen molar-refractivity contribution in [1.29, 1.82) is 0 Å². The van der Waals surface area contributed by atoms with Gasteiger partial charge in [-0.25, -0.2) is 0 Å². The summed E-state index contributed by atoms with van der Waals surface area (Å²) in [7, 11) is -2.95. The third-order valence-corrected chi connectivity index (χ3v) is 9.77. The second kappa shape index (κ2) is 14.9. The number of anilines is 2. The lowest BCUT2D eigenvalue weighted by Gasteiger charge is -2.47. The highest BCUT2D eigenvalue weighted by Gasteiger charge is 2.28. The Labute approximate surface area is 260 Å². The van der Waals surface area contributed by atoms with Gasteiger partial charge in [-0.05, 0) is 73.7 Å². The molecule has 0 unspecified atom stereocenters. The van der Waals surface area contributed by atoms with Gasteiger partial charge in [0.2, 0.25) is 0 Å². The van der Waals surface area contributed by atoms with Gasteiger partial charge in [-0.15, -0.1) is 10.8 Å². The SMILES string of the molecule is CCNc1cc(C(=O)N[C@@H](Cc2ccccc2)[C@@H](O)CNCc2cc(Br)cc(Br)c2)cc(N2CCCCS2(O)O)c1. The fourth-order valence-corrected chi connectivity index (χ4v) is 7.99. The van der Waals surface area contributed by atoms with Crippen LogP contribution >= 0.6 is 42.6 Å². The van der Waals surface area contributed by atoms with Crippen LogP contribution in [-0.4, -0.2) is 57.7 Å². The average molecular weight is 711 g/mol. The van der Waals surface area contributed by atoms with Crippen LogP contribution in [0.5, 0.6) is 0 Å². The molecule has 1 fully saturated rings. The number of carbonyl (C=O) groups is 1.